The highest BCUT2D eigenvalue weighted by molar-refractivity contribution is 8.00. The summed E-state index contributed by atoms with van der Waals surface area (Å²) in [5.74, 6) is -2.43. The lowest BCUT2D eigenvalue weighted by atomic mass is 9.68. The van der Waals surface area contributed by atoms with Crippen LogP contribution in [-0.4, -0.2) is 59.2 Å². The van der Waals surface area contributed by atoms with Gasteiger partial charge in [0.2, 0.25) is 11.8 Å². The number of non-ortho nitro benzene ring substituents is 1. The summed E-state index contributed by atoms with van der Waals surface area (Å²) in [7, 11) is 1.49. The molecule has 2 saturated carbocycles. The van der Waals surface area contributed by atoms with Gasteiger partial charge in [0.15, 0.2) is 18.1 Å². The number of aromatic nitrogens is 1. The van der Waals surface area contributed by atoms with Gasteiger partial charge in [-0.05, 0) is 85.2 Å². The summed E-state index contributed by atoms with van der Waals surface area (Å²) in [6.07, 6.45) is 0.692. The summed E-state index contributed by atoms with van der Waals surface area (Å²) in [6, 6.07) is 17.2. The quantitative estimate of drug-likeness (QED) is 0.0935. The van der Waals surface area contributed by atoms with Gasteiger partial charge in [-0.3, -0.25) is 34.2 Å². The number of hydrogen-bond acceptors (Lipinski definition) is 12. The van der Waals surface area contributed by atoms with Crippen LogP contribution < -0.4 is 24.6 Å². The molecule has 2 aliphatic carbocycles. The Morgan fingerprint density at radius 3 is 2.38 bits per heavy atom. The third-order valence-corrected chi connectivity index (χ3v) is 13.2. The van der Waals surface area contributed by atoms with Crippen molar-refractivity contribution in [2.45, 2.75) is 29.5 Å². The first-order valence-electron chi connectivity index (χ1n) is 17.0. The molecule has 16 heteroatoms. The Hall–Kier alpha value is -5.48. The maximum absolute atomic E-state index is 14.1. The molecule has 1 saturated heterocycles. The second-order valence-corrected chi connectivity index (χ2v) is 15.5. The molecule has 3 aromatic carbocycles. The molecule has 3 heterocycles. The first-order chi connectivity index (χ1) is 25.6. The lowest BCUT2D eigenvalue weighted by molar-refractivity contribution is -0.384. The van der Waals surface area contributed by atoms with E-state index in [1.807, 2.05) is 12.1 Å². The zero-order valence-corrected chi connectivity index (χ0v) is 29.9. The van der Waals surface area contributed by atoms with Gasteiger partial charge in [0.05, 0.1) is 46.8 Å². The molecule has 4 aliphatic rings. The van der Waals surface area contributed by atoms with E-state index in [0.29, 0.717) is 34.9 Å². The van der Waals surface area contributed by atoms with Crippen LogP contribution in [0, 0.1) is 39.7 Å². The van der Waals surface area contributed by atoms with Crippen LogP contribution in [0.2, 0.25) is 0 Å². The number of benzene rings is 3. The number of anilines is 2. The number of carbonyl (C=O) groups excluding carboxylic acids is 4. The SMILES string of the molecule is CCOC(=O)c1ccc(NC(=O)COc2ccc([C@H]3c4sc(=O)[nH]c4SC4C3[C@H]3C[C@@H]4C4C(=O)N(c5ccc([N+](=O)[O-])cc5)C(=O)C43)cc2OC)cc1. The van der Waals surface area contributed by atoms with E-state index in [0.717, 1.165) is 26.8 Å². The highest BCUT2D eigenvalue weighted by atomic mass is 32.2. The van der Waals surface area contributed by atoms with Crippen LogP contribution in [0.3, 0.4) is 0 Å². The number of methoxy groups -OCH3 is 1. The number of thioether (sulfide) groups is 1. The maximum Gasteiger partial charge on any atom is 0.338 e. The van der Waals surface area contributed by atoms with Gasteiger partial charge in [0.1, 0.15) is 0 Å². The minimum Gasteiger partial charge on any atom is -0.493 e. The second-order valence-electron chi connectivity index (χ2n) is 13.3. The Kier molecular flexibility index (Phi) is 8.81. The first-order valence-corrected chi connectivity index (χ1v) is 18.7. The molecule has 4 unspecified atom stereocenters. The molecule has 2 N–H and O–H groups in total. The zero-order valence-electron chi connectivity index (χ0n) is 28.3. The van der Waals surface area contributed by atoms with Crippen molar-refractivity contribution in [3.63, 3.8) is 0 Å². The zero-order chi connectivity index (χ0) is 37.1. The number of H-pyrrole nitrogens is 1. The fraction of sp³-hybridized carbons (Fsp3) is 0.324. The molecule has 0 spiro atoms. The van der Waals surface area contributed by atoms with Crippen molar-refractivity contribution in [1.82, 2.24) is 4.98 Å². The first kappa shape index (κ1) is 34.6. The number of ether oxygens (including phenoxy) is 3. The van der Waals surface area contributed by atoms with Gasteiger partial charge in [-0.25, -0.2) is 4.79 Å². The normalized spacial score (nSPS) is 25.0. The molecule has 53 heavy (non-hydrogen) atoms. The molecule has 14 nitrogen and oxygen atoms in total. The highest BCUT2D eigenvalue weighted by Crippen LogP contribution is 2.68. The van der Waals surface area contributed by atoms with Crippen LogP contribution in [-0.2, 0) is 19.1 Å². The van der Waals surface area contributed by atoms with Crippen molar-refractivity contribution in [2.75, 3.05) is 30.5 Å². The Labute approximate surface area is 310 Å². The van der Waals surface area contributed by atoms with Gasteiger partial charge < -0.3 is 24.5 Å². The predicted octanol–water partition coefficient (Wildman–Crippen LogP) is 5.23. The summed E-state index contributed by atoms with van der Waals surface area (Å²) in [4.78, 5) is 80.9. The molecular weight excluding hydrogens is 725 g/mol. The Bertz CT molecular complexity index is 2220. The summed E-state index contributed by atoms with van der Waals surface area (Å²) in [5.41, 5.74) is 1.88. The lowest BCUT2D eigenvalue weighted by Crippen LogP contribution is -2.42. The molecule has 1 aromatic heterocycles. The predicted molar refractivity (Wildman–Crippen MR) is 194 cm³/mol. The van der Waals surface area contributed by atoms with E-state index in [-0.39, 0.29) is 64.5 Å². The van der Waals surface area contributed by atoms with Crippen LogP contribution in [0.25, 0.3) is 0 Å². The van der Waals surface area contributed by atoms with Crippen molar-refractivity contribution < 1.29 is 38.3 Å². The molecule has 272 valence electrons. The van der Waals surface area contributed by atoms with Gasteiger partial charge in [-0.1, -0.05) is 17.4 Å². The fourth-order valence-electron chi connectivity index (χ4n) is 8.61. The number of nitro benzene ring substituents is 1. The van der Waals surface area contributed by atoms with Crippen molar-refractivity contribution in [1.29, 1.82) is 0 Å². The van der Waals surface area contributed by atoms with E-state index in [2.05, 4.69) is 10.3 Å². The molecule has 3 amide bonds. The van der Waals surface area contributed by atoms with E-state index in [9.17, 15) is 34.1 Å². The number of aromatic amines is 1. The van der Waals surface area contributed by atoms with Gasteiger partial charge in [0.25, 0.3) is 11.6 Å². The third kappa shape index (κ3) is 5.85. The van der Waals surface area contributed by atoms with Crippen LogP contribution in [0.1, 0.15) is 40.1 Å². The van der Waals surface area contributed by atoms with Crippen molar-refractivity contribution in [3.05, 3.63) is 103 Å². The number of fused-ring (bicyclic) bond motifs is 9. The number of rotatable bonds is 10. The molecule has 8 rings (SSSR count). The van der Waals surface area contributed by atoms with Crippen molar-refractivity contribution in [3.8, 4) is 11.5 Å². The lowest BCUT2D eigenvalue weighted by Gasteiger charge is -2.43. The molecule has 2 bridgehead atoms. The van der Waals surface area contributed by atoms with E-state index < -0.39 is 28.6 Å². The summed E-state index contributed by atoms with van der Waals surface area (Å²) in [5, 5.41) is 14.7. The maximum atomic E-state index is 14.1. The van der Waals surface area contributed by atoms with Crippen LogP contribution in [0.5, 0.6) is 11.5 Å². The minimum atomic E-state index is -0.548. The Morgan fingerprint density at radius 1 is 0.981 bits per heavy atom. The van der Waals surface area contributed by atoms with Crippen molar-refractivity contribution >= 4 is 63.9 Å². The standard InChI is InChI=1S/C37H32N4O10S2/c1-3-50-36(45)17-4-7-19(8-5-17)38-26(42)16-51-24-13-6-18(14-25(24)49-2)27-28-22-15-23(31(28)52-33-32(27)53-37(46)39-33)30-29(22)34(43)40(35(30)44)20-9-11-21(12-10-20)41(47)48/h4-14,22-23,27-31H,3,15-16H2,1-2H3,(H,38,42)(H,39,46)/t22-,23-,27-,28?,29?,30?,31?/m1/s1. The number of hydrogen-bond donors (Lipinski definition) is 2. The van der Waals surface area contributed by atoms with E-state index >= 15 is 0 Å². The van der Waals surface area contributed by atoms with Gasteiger partial charge in [0, 0.05) is 33.9 Å². The van der Waals surface area contributed by atoms with Gasteiger partial charge in [-0.15, -0.1) is 11.8 Å². The molecule has 7 atom stereocenters. The van der Waals surface area contributed by atoms with E-state index in [1.165, 1.54) is 36.3 Å². The largest absolute Gasteiger partial charge is 0.493 e. The number of nitrogens with one attached hydrogen (secondary N) is 2. The average Bonchev–Trinajstić information content (AvgIpc) is 3.89. The fourth-order valence-corrected chi connectivity index (χ4v) is 11.5. The molecule has 4 aromatic rings. The Balaban J connectivity index is 1.03. The summed E-state index contributed by atoms with van der Waals surface area (Å²) >= 11 is 2.70. The van der Waals surface area contributed by atoms with Crippen molar-refractivity contribution in [2.24, 2.45) is 29.6 Å². The topological polar surface area (TPSA) is 187 Å². The smallest absolute Gasteiger partial charge is 0.338 e. The molecule has 0 radical (unpaired) electrons. The summed E-state index contributed by atoms with van der Waals surface area (Å²) in [6.45, 7) is 1.66. The number of carbonyl (C=O) groups is 4. The van der Waals surface area contributed by atoms with Crippen LogP contribution in [0.4, 0.5) is 17.1 Å². The average molecular weight is 757 g/mol. The third-order valence-electron chi connectivity index (χ3n) is 10.6. The second kappa shape index (κ2) is 13.5. The number of esters is 1. The molecule has 3 fully saturated rings. The van der Waals surface area contributed by atoms with Crippen LogP contribution in [0.15, 0.2) is 76.6 Å². The molecular formula is C37H32N4O10S2. The van der Waals surface area contributed by atoms with Crippen LogP contribution >= 0.6 is 23.1 Å². The molecule has 2 aliphatic heterocycles. The monoisotopic (exact) mass is 756 g/mol. The number of imide groups is 1. The number of nitro groups is 1. The summed E-state index contributed by atoms with van der Waals surface area (Å²) < 4.78 is 16.6. The number of amides is 3. The number of thiazole rings is 1. The highest BCUT2D eigenvalue weighted by Gasteiger charge is 2.69. The van der Waals surface area contributed by atoms with Gasteiger partial charge in [-0.2, -0.15) is 0 Å². The minimum absolute atomic E-state index is 0.0467. The number of nitrogens with zero attached hydrogens (tertiary/aromatic N) is 2. The van der Waals surface area contributed by atoms with E-state index in [1.54, 1.807) is 49.0 Å². The van der Waals surface area contributed by atoms with E-state index in [4.69, 9.17) is 14.2 Å². The Morgan fingerprint density at radius 2 is 1.70 bits per heavy atom. The van der Waals surface area contributed by atoms with Gasteiger partial charge >= 0.3 is 10.8 Å².